The Morgan fingerprint density at radius 1 is 1.41 bits per heavy atom. The highest BCUT2D eigenvalue weighted by atomic mass is 16.5. The van der Waals surface area contributed by atoms with Crippen molar-refractivity contribution in [3.8, 4) is 11.5 Å². The molecule has 0 aromatic heterocycles. The molecule has 0 aliphatic heterocycles. The van der Waals surface area contributed by atoms with Gasteiger partial charge in [-0.1, -0.05) is 6.07 Å². The summed E-state index contributed by atoms with van der Waals surface area (Å²) in [5, 5.41) is 20.6. The third kappa shape index (κ3) is 2.87. The summed E-state index contributed by atoms with van der Waals surface area (Å²) in [5.41, 5.74) is -0.0301. The molecule has 0 radical (unpaired) electrons. The zero-order valence-corrected chi connectivity index (χ0v) is 9.43. The van der Waals surface area contributed by atoms with Crippen LogP contribution in [-0.4, -0.2) is 35.2 Å². The van der Waals surface area contributed by atoms with Crippen molar-refractivity contribution in [1.82, 2.24) is 5.32 Å². The Morgan fingerprint density at radius 3 is 2.59 bits per heavy atom. The summed E-state index contributed by atoms with van der Waals surface area (Å²) in [6, 6.07) is 3.36. The van der Waals surface area contributed by atoms with Gasteiger partial charge in [-0.3, -0.25) is 9.59 Å². The lowest BCUT2D eigenvalue weighted by molar-refractivity contribution is -0.138. The van der Waals surface area contributed by atoms with Crippen LogP contribution in [0.1, 0.15) is 17.3 Å². The number of carbonyl (C=O) groups excluding carboxylic acids is 1. The molecule has 0 unspecified atom stereocenters. The van der Waals surface area contributed by atoms with Crippen molar-refractivity contribution >= 4 is 11.9 Å². The van der Waals surface area contributed by atoms with Crippen molar-refractivity contribution in [2.24, 2.45) is 0 Å². The van der Waals surface area contributed by atoms with Gasteiger partial charge in [0.2, 0.25) is 0 Å². The standard InChI is InChI=1S/C11H13NO5/c1-6(11(15)16)12-10(14)7-4-3-5-8(17-2)9(7)13/h3-6,13H,1-2H3,(H,12,14)(H,15,16)/t6-/m1/s1. The lowest BCUT2D eigenvalue weighted by atomic mass is 10.1. The van der Waals surface area contributed by atoms with E-state index in [0.29, 0.717) is 0 Å². The number of phenols is 1. The molecule has 0 saturated heterocycles. The maximum atomic E-state index is 11.7. The summed E-state index contributed by atoms with van der Waals surface area (Å²) in [7, 11) is 1.36. The Kier molecular flexibility index (Phi) is 3.92. The lowest BCUT2D eigenvalue weighted by Gasteiger charge is -2.11. The molecule has 1 atom stereocenters. The molecule has 0 aliphatic carbocycles. The average Bonchev–Trinajstić information content (AvgIpc) is 2.28. The number of carbonyl (C=O) groups is 2. The second-order valence-corrected chi connectivity index (χ2v) is 3.39. The molecule has 0 bridgehead atoms. The first-order chi connectivity index (χ1) is 7.97. The highest BCUT2D eigenvalue weighted by Crippen LogP contribution is 2.29. The highest BCUT2D eigenvalue weighted by Gasteiger charge is 2.19. The monoisotopic (exact) mass is 239 g/mol. The average molecular weight is 239 g/mol. The third-order valence-corrected chi connectivity index (χ3v) is 2.18. The van der Waals surface area contributed by atoms with Gasteiger partial charge in [-0.25, -0.2) is 0 Å². The number of aliphatic carboxylic acids is 1. The van der Waals surface area contributed by atoms with Crippen LogP contribution in [0, 0.1) is 0 Å². The van der Waals surface area contributed by atoms with E-state index in [-0.39, 0.29) is 17.1 Å². The number of hydrogen-bond acceptors (Lipinski definition) is 4. The molecule has 0 fully saturated rings. The molecule has 0 heterocycles. The molecule has 0 saturated carbocycles. The quantitative estimate of drug-likeness (QED) is 0.715. The minimum Gasteiger partial charge on any atom is -0.504 e. The number of carboxylic acids is 1. The summed E-state index contributed by atoms with van der Waals surface area (Å²) in [6.45, 7) is 1.33. The molecule has 1 aromatic rings. The number of carboxylic acid groups (broad SMARTS) is 1. The molecule has 17 heavy (non-hydrogen) atoms. The second kappa shape index (κ2) is 5.20. The van der Waals surface area contributed by atoms with E-state index < -0.39 is 17.9 Å². The summed E-state index contributed by atoms with van der Waals surface area (Å²) in [6.07, 6.45) is 0. The second-order valence-electron chi connectivity index (χ2n) is 3.39. The van der Waals surface area contributed by atoms with Crippen LogP contribution in [0.3, 0.4) is 0 Å². The molecule has 0 aliphatic rings. The Balaban J connectivity index is 2.93. The minimum atomic E-state index is -1.15. The van der Waals surface area contributed by atoms with Crippen LogP contribution in [0.4, 0.5) is 0 Å². The maximum absolute atomic E-state index is 11.7. The fraction of sp³-hybridized carbons (Fsp3) is 0.273. The first-order valence-electron chi connectivity index (χ1n) is 4.87. The molecule has 0 spiro atoms. The molecule has 3 N–H and O–H groups in total. The van der Waals surface area contributed by atoms with Gasteiger partial charge in [0, 0.05) is 0 Å². The third-order valence-electron chi connectivity index (χ3n) is 2.18. The Bertz CT molecular complexity index is 443. The van der Waals surface area contributed by atoms with E-state index in [4.69, 9.17) is 9.84 Å². The topological polar surface area (TPSA) is 95.9 Å². The van der Waals surface area contributed by atoms with Crippen LogP contribution in [0.5, 0.6) is 11.5 Å². The zero-order chi connectivity index (χ0) is 13.0. The van der Waals surface area contributed by atoms with Crippen LogP contribution in [0.25, 0.3) is 0 Å². The van der Waals surface area contributed by atoms with E-state index >= 15 is 0 Å². The van der Waals surface area contributed by atoms with Crippen LogP contribution < -0.4 is 10.1 Å². The predicted octanol–water partition coefficient (Wildman–Crippen LogP) is 0.604. The summed E-state index contributed by atoms with van der Waals surface area (Å²) >= 11 is 0. The number of benzene rings is 1. The first kappa shape index (κ1) is 12.8. The van der Waals surface area contributed by atoms with Gasteiger partial charge in [0.25, 0.3) is 5.91 Å². The van der Waals surface area contributed by atoms with E-state index in [1.165, 1.54) is 32.2 Å². The Labute approximate surface area is 97.8 Å². The maximum Gasteiger partial charge on any atom is 0.325 e. The van der Waals surface area contributed by atoms with Crippen molar-refractivity contribution in [1.29, 1.82) is 0 Å². The van der Waals surface area contributed by atoms with Crippen molar-refractivity contribution < 1.29 is 24.5 Å². The molecule has 92 valence electrons. The van der Waals surface area contributed by atoms with E-state index in [2.05, 4.69) is 5.32 Å². The van der Waals surface area contributed by atoms with Gasteiger partial charge >= 0.3 is 5.97 Å². The van der Waals surface area contributed by atoms with Crippen molar-refractivity contribution in [2.45, 2.75) is 13.0 Å². The number of ether oxygens (including phenoxy) is 1. The first-order valence-corrected chi connectivity index (χ1v) is 4.87. The van der Waals surface area contributed by atoms with E-state index in [9.17, 15) is 14.7 Å². The van der Waals surface area contributed by atoms with Gasteiger partial charge in [0.15, 0.2) is 11.5 Å². The van der Waals surface area contributed by atoms with Gasteiger partial charge in [0.05, 0.1) is 12.7 Å². The Hall–Kier alpha value is -2.24. The number of para-hydroxylation sites is 1. The Morgan fingerprint density at radius 2 is 2.06 bits per heavy atom. The van der Waals surface area contributed by atoms with Crippen LogP contribution in [-0.2, 0) is 4.79 Å². The van der Waals surface area contributed by atoms with Gasteiger partial charge < -0.3 is 20.3 Å². The SMILES string of the molecule is COc1cccc(C(=O)N[C@H](C)C(=O)O)c1O. The molecule has 1 aromatic carbocycles. The molecular weight excluding hydrogens is 226 g/mol. The van der Waals surface area contributed by atoms with E-state index in [0.717, 1.165) is 0 Å². The summed E-state index contributed by atoms with van der Waals surface area (Å²) < 4.78 is 4.84. The molecule has 6 nitrogen and oxygen atoms in total. The number of phenolic OH excluding ortho intramolecular Hbond substituents is 1. The fourth-order valence-electron chi connectivity index (χ4n) is 1.21. The van der Waals surface area contributed by atoms with E-state index in [1.54, 1.807) is 0 Å². The zero-order valence-electron chi connectivity index (χ0n) is 9.43. The number of hydrogen-bond donors (Lipinski definition) is 3. The van der Waals surface area contributed by atoms with Gasteiger partial charge in [-0.15, -0.1) is 0 Å². The molecule has 6 heteroatoms. The normalized spacial score (nSPS) is 11.6. The fourth-order valence-corrected chi connectivity index (χ4v) is 1.21. The van der Waals surface area contributed by atoms with Crippen LogP contribution in [0.15, 0.2) is 18.2 Å². The minimum absolute atomic E-state index is 0.0301. The van der Waals surface area contributed by atoms with Crippen molar-refractivity contribution in [3.05, 3.63) is 23.8 Å². The van der Waals surface area contributed by atoms with Crippen molar-refractivity contribution in [3.63, 3.8) is 0 Å². The van der Waals surface area contributed by atoms with E-state index in [1.807, 2.05) is 0 Å². The molecule has 1 amide bonds. The number of aromatic hydroxyl groups is 1. The summed E-state index contributed by atoms with van der Waals surface area (Å²) in [5.74, 6) is -1.98. The number of rotatable bonds is 4. The van der Waals surface area contributed by atoms with Crippen molar-refractivity contribution in [2.75, 3.05) is 7.11 Å². The number of nitrogens with one attached hydrogen (secondary N) is 1. The van der Waals surface area contributed by atoms with Gasteiger partial charge in [0.1, 0.15) is 6.04 Å². The molecule has 1 rings (SSSR count). The molecular formula is C11H13NO5. The largest absolute Gasteiger partial charge is 0.504 e. The number of methoxy groups -OCH3 is 1. The number of amides is 1. The lowest BCUT2D eigenvalue weighted by Crippen LogP contribution is -2.38. The smallest absolute Gasteiger partial charge is 0.325 e. The van der Waals surface area contributed by atoms with Gasteiger partial charge in [-0.2, -0.15) is 0 Å². The van der Waals surface area contributed by atoms with Crippen LogP contribution >= 0.6 is 0 Å². The summed E-state index contributed by atoms with van der Waals surface area (Å²) in [4.78, 5) is 22.2. The van der Waals surface area contributed by atoms with Crippen LogP contribution in [0.2, 0.25) is 0 Å². The predicted molar refractivity (Wildman–Crippen MR) is 59.2 cm³/mol. The highest BCUT2D eigenvalue weighted by molar-refractivity contribution is 5.99. The van der Waals surface area contributed by atoms with Gasteiger partial charge in [-0.05, 0) is 19.1 Å².